The highest BCUT2D eigenvalue weighted by Crippen LogP contribution is 2.28. The number of nitrogens with zero attached hydrogens (tertiary/aromatic N) is 3. The number of hydrogen-bond donors (Lipinski definition) is 1. The molecule has 0 bridgehead atoms. The third-order valence-corrected chi connectivity index (χ3v) is 5.69. The minimum absolute atomic E-state index is 0.0152. The molecule has 7 heteroatoms. The first-order valence-electron chi connectivity index (χ1n) is 9.45. The van der Waals surface area contributed by atoms with E-state index >= 15 is 0 Å². The second-order valence-electron chi connectivity index (χ2n) is 7.89. The van der Waals surface area contributed by atoms with Gasteiger partial charge in [-0.1, -0.05) is 0 Å². The smallest absolute Gasteiger partial charge is 0.228 e. The molecular weight excluding hydrogens is 346 g/mol. The average molecular weight is 375 g/mol. The topological polar surface area (TPSA) is 73.3 Å². The van der Waals surface area contributed by atoms with Gasteiger partial charge in [0.15, 0.2) is 0 Å². The highest BCUT2D eigenvalue weighted by Gasteiger charge is 2.39. The van der Waals surface area contributed by atoms with E-state index in [1.54, 1.807) is 12.0 Å². The fraction of sp³-hybridized carbons (Fsp3) is 0.600. The molecule has 1 unspecified atom stereocenters. The normalized spacial score (nSPS) is 21.6. The van der Waals surface area contributed by atoms with E-state index in [4.69, 9.17) is 4.74 Å². The van der Waals surface area contributed by atoms with Gasteiger partial charge in [0.2, 0.25) is 11.8 Å². The molecule has 2 saturated heterocycles. The second-order valence-corrected chi connectivity index (χ2v) is 7.89. The third kappa shape index (κ3) is 4.09. The van der Waals surface area contributed by atoms with Crippen molar-refractivity contribution >= 4 is 17.5 Å². The number of aliphatic hydroxyl groups excluding tert-OH is 1. The molecule has 2 fully saturated rings. The summed E-state index contributed by atoms with van der Waals surface area (Å²) < 4.78 is 5.15. The number of methoxy groups -OCH3 is 1. The quantitative estimate of drug-likeness (QED) is 0.830. The molecule has 0 aliphatic carbocycles. The molecule has 3 rings (SSSR count). The standard InChI is InChI=1S/C20H29N3O4/c1-20(2,14-24)22-10-8-21(9-11-22)19(26)15-12-18(25)23(13-15)16-4-6-17(27-3)7-5-16/h4-7,15,24H,8-14H2,1-3H3. The van der Waals surface area contributed by atoms with Crippen molar-refractivity contribution in [1.29, 1.82) is 0 Å². The van der Waals surface area contributed by atoms with Crippen molar-refractivity contribution < 1.29 is 19.4 Å². The summed E-state index contributed by atoms with van der Waals surface area (Å²) >= 11 is 0. The maximum atomic E-state index is 12.9. The van der Waals surface area contributed by atoms with Crippen molar-refractivity contribution in [2.45, 2.75) is 25.8 Å². The zero-order chi connectivity index (χ0) is 19.6. The Labute approximate surface area is 160 Å². The summed E-state index contributed by atoms with van der Waals surface area (Å²) in [6.45, 7) is 7.27. The number of piperazine rings is 1. The lowest BCUT2D eigenvalue weighted by molar-refractivity contribution is -0.138. The third-order valence-electron chi connectivity index (χ3n) is 5.69. The molecule has 2 aliphatic heterocycles. The zero-order valence-corrected chi connectivity index (χ0v) is 16.4. The molecule has 1 atom stereocenters. The van der Waals surface area contributed by atoms with Gasteiger partial charge < -0.3 is 19.6 Å². The predicted molar refractivity (Wildman–Crippen MR) is 103 cm³/mol. The zero-order valence-electron chi connectivity index (χ0n) is 16.4. The molecule has 0 radical (unpaired) electrons. The molecule has 1 N–H and O–H groups in total. The van der Waals surface area contributed by atoms with Gasteiger partial charge in [0.25, 0.3) is 0 Å². The van der Waals surface area contributed by atoms with Gasteiger partial charge >= 0.3 is 0 Å². The van der Waals surface area contributed by atoms with Gasteiger partial charge in [-0.15, -0.1) is 0 Å². The first-order valence-corrected chi connectivity index (χ1v) is 9.45. The van der Waals surface area contributed by atoms with Crippen molar-refractivity contribution in [2.75, 3.05) is 51.3 Å². The first-order chi connectivity index (χ1) is 12.9. The molecule has 27 heavy (non-hydrogen) atoms. The Morgan fingerprint density at radius 2 is 1.81 bits per heavy atom. The number of amides is 2. The predicted octanol–water partition coefficient (Wildman–Crippen LogP) is 0.963. The van der Waals surface area contributed by atoms with Crippen LogP contribution in [0.5, 0.6) is 5.75 Å². The van der Waals surface area contributed by atoms with Crippen LogP contribution < -0.4 is 9.64 Å². The Hall–Kier alpha value is -2.12. The van der Waals surface area contributed by atoms with Crippen LogP contribution in [0.2, 0.25) is 0 Å². The van der Waals surface area contributed by atoms with E-state index in [1.165, 1.54) is 0 Å². The number of benzene rings is 1. The summed E-state index contributed by atoms with van der Waals surface area (Å²) in [5, 5.41) is 9.52. The van der Waals surface area contributed by atoms with Crippen LogP contribution >= 0.6 is 0 Å². The summed E-state index contributed by atoms with van der Waals surface area (Å²) in [6, 6.07) is 7.33. The van der Waals surface area contributed by atoms with E-state index in [0.29, 0.717) is 19.6 Å². The number of ether oxygens (including phenoxy) is 1. The largest absolute Gasteiger partial charge is 0.497 e. The molecule has 1 aromatic rings. The van der Waals surface area contributed by atoms with Crippen LogP contribution in [0.4, 0.5) is 5.69 Å². The molecule has 7 nitrogen and oxygen atoms in total. The van der Waals surface area contributed by atoms with Crippen LogP contribution in [-0.2, 0) is 9.59 Å². The molecule has 0 saturated carbocycles. The van der Waals surface area contributed by atoms with Gasteiger partial charge in [0, 0.05) is 50.4 Å². The lowest BCUT2D eigenvalue weighted by Crippen LogP contribution is -2.57. The summed E-state index contributed by atoms with van der Waals surface area (Å²) in [6.07, 6.45) is 0.257. The molecule has 2 amide bonds. The van der Waals surface area contributed by atoms with Crippen LogP contribution in [0, 0.1) is 5.92 Å². The molecule has 0 spiro atoms. The fourth-order valence-electron chi connectivity index (χ4n) is 3.78. The van der Waals surface area contributed by atoms with Gasteiger partial charge in [-0.2, -0.15) is 0 Å². The van der Waals surface area contributed by atoms with Crippen LogP contribution in [0.3, 0.4) is 0 Å². The molecule has 148 valence electrons. The molecule has 0 aromatic heterocycles. The van der Waals surface area contributed by atoms with Crippen LogP contribution in [0.1, 0.15) is 20.3 Å². The SMILES string of the molecule is COc1ccc(N2CC(C(=O)N3CCN(C(C)(C)CO)CC3)CC2=O)cc1. The van der Waals surface area contributed by atoms with E-state index in [0.717, 1.165) is 24.5 Å². The van der Waals surface area contributed by atoms with Gasteiger partial charge in [-0.05, 0) is 38.1 Å². The number of carbonyl (C=O) groups excluding carboxylic acids is 2. The monoisotopic (exact) mass is 375 g/mol. The summed E-state index contributed by atoms with van der Waals surface area (Å²) in [7, 11) is 1.60. The van der Waals surface area contributed by atoms with Crippen molar-refractivity contribution in [3.8, 4) is 5.75 Å². The van der Waals surface area contributed by atoms with E-state index in [2.05, 4.69) is 4.90 Å². The number of hydrogen-bond acceptors (Lipinski definition) is 5. The summed E-state index contributed by atoms with van der Waals surface area (Å²) in [5.41, 5.74) is 0.523. The van der Waals surface area contributed by atoms with Crippen molar-refractivity contribution in [3.05, 3.63) is 24.3 Å². The van der Waals surface area contributed by atoms with Crippen molar-refractivity contribution in [3.63, 3.8) is 0 Å². The summed E-state index contributed by atoms with van der Waals surface area (Å²) in [4.78, 5) is 31.1. The van der Waals surface area contributed by atoms with Gasteiger partial charge in [0.05, 0.1) is 19.6 Å². The number of rotatable bonds is 5. The Bertz CT molecular complexity index is 681. The minimum Gasteiger partial charge on any atom is -0.497 e. The highest BCUT2D eigenvalue weighted by molar-refractivity contribution is 6.00. The Morgan fingerprint density at radius 1 is 1.19 bits per heavy atom. The van der Waals surface area contributed by atoms with Crippen molar-refractivity contribution in [2.24, 2.45) is 5.92 Å². The van der Waals surface area contributed by atoms with Crippen LogP contribution in [0.25, 0.3) is 0 Å². The Balaban J connectivity index is 1.59. The molecule has 1 aromatic carbocycles. The maximum absolute atomic E-state index is 12.9. The Morgan fingerprint density at radius 3 is 2.37 bits per heavy atom. The molecular formula is C20H29N3O4. The van der Waals surface area contributed by atoms with Gasteiger partial charge in [0.1, 0.15) is 5.75 Å². The molecule has 2 aliphatic rings. The fourth-order valence-corrected chi connectivity index (χ4v) is 3.78. The van der Waals surface area contributed by atoms with Crippen molar-refractivity contribution in [1.82, 2.24) is 9.80 Å². The first kappa shape index (κ1) is 19.6. The van der Waals surface area contributed by atoms with Crippen LogP contribution in [0.15, 0.2) is 24.3 Å². The lowest BCUT2D eigenvalue weighted by atomic mass is 10.0. The number of anilines is 1. The molecule has 2 heterocycles. The van der Waals surface area contributed by atoms with Gasteiger partial charge in [-0.3, -0.25) is 14.5 Å². The maximum Gasteiger partial charge on any atom is 0.228 e. The van der Waals surface area contributed by atoms with Gasteiger partial charge in [-0.25, -0.2) is 0 Å². The van der Waals surface area contributed by atoms with E-state index in [9.17, 15) is 14.7 Å². The summed E-state index contributed by atoms with van der Waals surface area (Å²) in [5.74, 6) is 0.484. The van der Waals surface area contributed by atoms with Crippen LogP contribution in [-0.4, -0.2) is 78.7 Å². The van der Waals surface area contributed by atoms with E-state index in [-0.39, 0.29) is 36.3 Å². The number of aliphatic hydroxyl groups is 1. The second kappa shape index (κ2) is 7.86. The number of carbonyl (C=O) groups is 2. The highest BCUT2D eigenvalue weighted by atomic mass is 16.5. The Kier molecular flexibility index (Phi) is 5.72. The van der Waals surface area contributed by atoms with E-state index < -0.39 is 0 Å². The average Bonchev–Trinajstić information content (AvgIpc) is 3.09. The minimum atomic E-state index is -0.294. The van der Waals surface area contributed by atoms with E-state index in [1.807, 2.05) is 43.0 Å². The lowest BCUT2D eigenvalue weighted by Gasteiger charge is -2.43.